The van der Waals surface area contributed by atoms with Crippen LogP contribution in [0.2, 0.25) is 0 Å². The molecule has 0 saturated heterocycles. The molecule has 0 heterocycles. The Balaban J connectivity index is 2.86. The first-order valence-corrected chi connectivity index (χ1v) is 5.23. The summed E-state index contributed by atoms with van der Waals surface area (Å²) >= 11 is 0. The van der Waals surface area contributed by atoms with Crippen LogP contribution in [0.25, 0.3) is 0 Å². The summed E-state index contributed by atoms with van der Waals surface area (Å²) in [6.45, 7) is 2.74. The third-order valence-corrected chi connectivity index (χ3v) is 2.17. The van der Waals surface area contributed by atoms with Crippen molar-refractivity contribution in [1.29, 1.82) is 0 Å². The highest BCUT2D eigenvalue weighted by atomic mass is 16.4. The van der Waals surface area contributed by atoms with Crippen molar-refractivity contribution in [2.75, 3.05) is 5.32 Å². The molecule has 0 atom stereocenters. The van der Waals surface area contributed by atoms with Gasteiger partial charge in [0.15, 0.2) is 5.78 Å². The molecule has 0 aliphatic rings. The molecule has 0 radical (unpaired) electrons. The second-order valence-corrected chi connectivity index (χ2v) is 3.76. The van der Waals surface area contributed by atoms with E-state index in [0.717, 1.165) is 6.08 Å². The first-order chi connectivity index (χ1) is 8.40. The fourth-order valence-corrected chi connectivity index (χ4v) is 1.26. The van der Waals surface area contributed by atoms with E-state index in [1.807, 2.05) is 0 Å². The summed E-state index contributed by atoms with van der Waals surface area (Å²) in [5.41, 5.74) is 0.925. The van der Waals surface area contributed by atoms with Crippen LogP contribution in [-0.4, -0.2) is 22.8 Å². The maximum absolute atomic E-state index is 11.7. The average Bonchev–Trinajstić information content (AvgIpc) is 2.28. The summed E-state index contributed by atoms with van der Waals surface area (Å²) in [6, 6.07) is 6.22. The molecule has 1 aromatic carbocycles. The summed E-state index contributed by atoms with van der Waals surface area (Å²) in [6.07, 6.45) is 1.07. The number of carboxylic acid groups (broad SMARTS) is 1. The van der Waals surface area contributed by atoms with Gasteiger partial charge in [0.05, 0.1) is 0 Å². The molecule has 5 nitrogen and oxygen atoms in total. The Morgan fingerprint density at radius 2 is 1.67 bits per heavy atom. The standard InChI is InChI=1S/C13H13NO4/c1-8(13(17)18)7-12(16)10-3-5-11(6-4-10)14-9(2)15/h3-7H,1-2H3,(H,14,15)(H,17,18). The lowest BCUT2D eigenvalue weighted by molar-refractivity contribution is -0.132. The number of carboxylic acids is 1. The number of amides is 1. The molecule has 0 spiro atoms. The molecule has 18 heavy (non-hydrogen) atoms. The quantitative estimate of drug-likeness (QED) is 0.628. The monoisotopic (exact) mass is 247 g/mol. The van der Waals surface area contributed by atoms with Crippen molar-refractivity contribution in [3.63, 3.8) is 0 Å². The maximum atomic E-state index is 11.7. The van der Waals surface area contributed by atoms with Gasteiger partial charge in [-0.3, -0.25) is 9.59 Å². The Morgan fingerprint density at radius 1 is 1.11 bits per heavy atom. The topological polar surface area (TPSA) is 83.5 Å². The number of carbonyl (C=O) groups is 3. The van der Waals surface area contributed by atoms with E-state index in [-0.39, 0.29) is 17.3 Å². The Morgan fingerprint density at radius 3 is 2.11 bits per heavy atom. The first kappa shape index (κ1) is 13.6. The number of nitrogens with one attached hydrogen (secondary N) is 1. The van der Waals surface area contributed by atoms with Crippen molar-refractivity contribution in [3.05, 3.63) is 41.5 Å². The summed E-state index contributed by atoms with van der Waals surface area (Å²) in [7, 11) is 0. The number of ketones is 1. The molecule has 1 amide bonds. The van der Waals surface area contributed by atoms with E-state index < -0.39 is 5.97 Å². The second-order valence-electron chi connectivity index (χ2n) is 3.76. The van der Waals surface area contributed by atoms with Gasteiger partial charge in [0.25, 0.3) is 0 Å². The van der Waals surface area contributed by atoms with E-state index in [2.05, 4.69) is 5.32 Å². The van der Waals surface area contributed by atoms with Crippen molar-refractivity contribution < 1.29 is 19.5 Å². The predicted octanol–water partition coefficient (Wildman–Crippen LogP) is 1.86. The average molecular weight is 247 g/mol. The van der Waals surface area contributed by atoms with E-state index in [1.165, 1.54) is 26.0 Å². The van der Waals surface area contributed by atoms with Gasteiger partial charge in [0, 0.05) is 23.7 Å². The lowest BCUT2D eigenvalue weighted by Gasteiger charge is -2.02. The van der Waals surface area contributed by atoms with Crippen LogP contribution < -0.4 is 5.32 Å². The molecule has 0 saturated carbocycles. The van der Waals surface area contributed by atoms with Crippen molar-refractivity contribution in [2.45, 2.75) is 13.8 Å². The molecule has 0 aliphatic heterocycles. The molecule has 1 aromatic rings. The second kappa shape index (κ2) is 5.77. The van der Waals surface area contributed by atoms with Crippen molar-refractivity contribution in [1.82, 2.24) is 0 Å². The number of carbonyl (C=O) groups excluding carboxylic acids is 2. The number of allylic oxidation sites excluding steroid dienone is 1. The molecular weight excluding hydrogens is 234 g/mol. The fraction of sp³-hybridized carbons (Fsp3) is 0.154. The van der Waals surface area contributed by atoms with Crippen molar-refractivity contribution in [2.24, 2.45) is 0 Å². The minimum absolute atomic E-state index is 0.0223. The van der Waals surface area contributed by atoms with E-state index in [1.54, 1.807) is 12.1 Å². The van der Waals surface area contributed by atoms with Crippen molar-refractivity contribution >= 4 is 23.3 Å². The van der Waals surface area contributed by atoms with Gasteiger partial charge in [-0.15, -0.1) is 0 Å². The fourth-order valence-electron chi connectivity index (χ4n) is 1.26. The number of benzene rings is 1. The highest BCUT2D eigenvalue weighted by Crippen LogP contribution is 2.11. The van der Waals surface area contributed by atoms with Gasteiger partial charge in [-0.25, -0.2) is 4.79 Å². The highest BCUT2D eigenvalue weighted by molar-refractivity contribution is 6.08. The lowest BCUT2D eigenvalue weighted by atomic mass is 10.1. The Labute approximate surface area is 104 Å². The predicted molar refractivity (Wildman–Crippen MR) is 66.5 cm³/mol. The molecular formula is C13H13NO4. The molecule has 0 fully saturated rings. The summed E-state index contributed by atoms with van der Waals surface area (Å²) in [4.78, 5) is 33.0. The summed E-state index contributed by atoms with van der Waals surface area (Å²) in [5.74, 6) is -1.71. The van der Waals surface area contributed by atoms with Gasteiger partial charge in [0.2, 0.25) is 5.91 Å². The first-order valence-electron chi connectivity index (χ1n) is 5.23. The van der Waals surface area contributed by atoms with Crippen LogP contribution in [0.3, 0.4) is 0 Å². The number of rotatable bonds is 4. The molecule has 0 bridgehead atoms. The van der Waals surface area contributed by atoms with Gasteiger partial charge < -0.3 is 10.4 Å². The zero-order valence-corrected chi connectivity index (χ0v) is 10.1. The third-order valence-electron chi connectivity index (χ3n) is 2.17. The Bertz CT molecular complexity index is 514. The molecule has 1 rings (SSSR count). The largest absolute Gasteiger partial charge is 0.478 e. The van der Waals surface area contributed by atoms with Crippen LogP contribution in [0, 0.1) is 0 Å². The van der Waals surface area contributed by atoms with E-state index in [0.29, 0.717) is 11.3 Å². The van der Waals surface area contributed by atoms with Gasteiger partial charge in [-0.05, 0) is 37.3 Å². The highest BCUT2D eigenvalue weighted by Gasteiger charge is 2.07. The SMILES string of the molecule is CC(=O)Nc1ccc(C(=O)C=C(C)C(=O)O)cc1. The number of aliphatic carboxylic acids is 1. The molecule has 0 unspecified atom stereocenters. The van der Waals surface area contributed by atoms with E-state index in [9.17, 15) is 14.4 Å². The van der Waals surface area contributed by atoms with Gasteiger partial charge in [0.1, 0.15) is 0 Å². The minimum Gasteiger partial charge on any atom is -0.478 e. The van der Waals surface area contributed by atoms with E-state index in [4.69, 9.17) is 5.11 Å². The molecule has 94 valence electrons. The summed E-state index contributed by atoms with van der Waals surface area (Å²) < 4.78 is 0. The van der Waals surface area contributed by atoms with Gasteiger partial charge in [-0.1, -0.05) is 0 Å². The molecule has 0 aromatic heterocycles. The number of hydrogen-bond acceptors (Lipinski definition) is 3. The Hall–Kier alpha value is -2.43. The third kappa shape index (κ3) is 3.86. The Kier molecular flexibility index (Phi) is 4.37. The number of anilines is 1. The van der Waals surface area contributed by atoms with E-state index >= 15 is 0 Å². The molecule has 5 heteroatoms. The van der Waals surface area contributed by atoms with Crippen molar-refractivity contribution in [3.8, 4) is 0 Å². The number of hydrogen-bond donors (Lipinski definition) is 2. The van der Waals surface area contributed by atoms with Crippen LogP contribution in [-0.2, 0) is 9.59 Å². The smallest absolute Gasteiger partial charge is 0.331 e. The van der Waals surface area contributed by atoms with Crippen LogP contribution in [0.4, 0.5) is 5.69 Å². The van der Waals surface area contributed by atoms with Gasteiger partial charge in [-0.2, -0.15) is 0 Å². The molecule has 2 N–H and O–H groups in total. The summed E-state index contributed by atoms with van der Waals surface area (Å²) in [5, 5.41) is 11.2. The minimum atomic E-state index is -1.13. The van der Waals surface area contributed by atoms with Crippen LogP contribution in [0.5, 0.6) is 0 Å². The zero-order chi connectivity index (χ0) is 13.7. The van der Waals surface area contributed by atoms with Crippen LogP contribution in [0.1, 0.15) is 24.2 Å². The van der Waals surface area contributed by atoms with Crippen LogP contribution >= 0.6 is 0 Å². The normalized spacial score (nSPS) is 10.9. The molecule has 0 aliphatic carbocycles. The van der Waals surface area contributed by atoms with Crippen LogP contribution in [0.15, 0.2) is 35.9 Å². The van der Waals surface area contributed by atoms with Gasteiger partial charge >= 0.3 is 5.97 Å². The lowest BCUT2D eigenvalue weighted by Crippen LogP contribution is -2.06. The maximum Gasteiger partial charge on any atom is 0.331 e. The zero-order valence-electron chi connectivity index (χ0n) is 10.1.